The Labute approximate surface area is 247 Å². The number of hydrogen-bond donors (Lipinski definition) is 3. The highest BCUT2D eigenvalue weighted by atomic mass is 19.1. The number of nitriles is 1. The molecule has 0 unspecified atom stereocenters. The van der Waals surface area contributed by atoms with Gasteiger partial charge in [-0.2, -0.15) is 14.9 Å². The van der Waals surface area contributed by atoms with Gasteiger partial charge in [0, 0.05) is 37.3 Å². The van der Waals surface area contributed by atoms with E-state index in [9.17, 15) is 9.18 Å². The first kappa shape index (κ1) is 29.8. The van der Waals surface area contributed by atoms with Crippen molar-refractivity contribution in [3.8, 4) is 17.3 Å². The largest absolute Gasteiger partial charge is 0.375 e. The van der Waals surface area contributed by atoms with E-state index in [1.807, 2.05) is 6.07 Å². The molecule has 4 heterocycles. The number of nitrogens with zero attached hydrogens (tertiary/aromatic N) is 6. The first-order valence-corrected chi connectivity index (χ1v) is 14.0. The molecule has 1 amide bonds. The van der Waals surface area contributed by atoms with Gasteiger partial charge in [-0.05, 0) is 44.2 Å². The molecule has 4 N–H and O–H groups in total. The van der Waals surface area contributed by atoms with Crippen LogP contribution in [0.2, 0.25) is 0 Å². The summed E-state index contributed by atoms with van der Waals surface area (Å²) in [7, 11) is 0. The third-order valence-corrected chi connectivity index (χ3v) is 7.23. The number of rotatable bonds is 9. The number of carbonyl (C=O) groups is 1. The number of aromatic nitrogens is 4. The molecule has 0 spiro atoms. The number of piperidine rings is 1. The lowest BCUT2D eigenvalue weighted by molar-refractivity contribution is -0.00331. The second kappa shape index (κ2) is 12.7. The Morgan fingerprint density at radius 1 is 1.21 bits per heavy atom. The van der Waals surface area contributed by atoms with E-state index in [1.165, 1.54) is 10.6 Å². The fourth-order valence-electron chi connectivity index (χ4n) is 5.32. The van der Waals surface area contributed by atoms with Crippen molar-refractivity contribution >= 4 is 28.7 Å². The molecule has 1 aliphatic heterocycles. The molecular weight excluding hydrogens is 556 g/mol. The van der Waals surface area contributed by atoms with Crippen LogP contribution in [0.25, 0.3) is 16.8 Å². The highest BCUT2D eigenvalue weighted by Crippen LogP contribution is 2.33. The van der Waals surface area contributed by atoms with Crippen molar-refractivity contribution < 1.29 is 18.3 Å². The van der Waals surface area contributed by atoms with Crippen molar-refractivity contribution in [2.45, 2.75) is 45.4 Å². The summed E-state index contributed by atoms with van der Waals surface area (Å²) in [6.07, 6.45) is 5.06. The zero-order chi connectivity index (χ0) is 30.7. The van der Waals surface area contributed by atoms with E-state index in [2.05, 4.69) is 43.6 Å². The smallest absolute Gasteiger partial charge is 0.254 e. The summed E-state index contributed by atoms with van der Waals surface area (Å²) in [6, 6.07) is 8.75. The monoisotopic (exact) mass is 589 g/mol. The first-order chi connectivity index (χ1) is 20.7. The molecule has 5 rings (SSSR count). The quantitative estimate of drug-likeness (QED) is 0.246. The van der Waals surface area contributed by atoms with Crippen molar-refractivity contribution in [1.29, 1.82) is 5.26 Å². The maximum absolute atomic E-state index is 15.5. The van der Waals surface area contributed by atoms with Crippen LogP contribution in [0.4, 0.5) is 26.1 Å². The number of nitrogens with two attached hydrogens (primary N) is 1. The fraction of sp³-hybridized carbons (Fsp3) is 0.367. The number of halogens is 2. The van der Waals surface area contributed by atoms with Gasteiger partial charge in [0.2, 0.25) is 5.95 Å². The van der Waals surface area contributed by atoms with Gasteiger partial charge < -0.3 is 26.0 Å². The number of carbonyl (C=O) groups excluding carboxylic acids is 1. The molecule has 1 aliphatic rings. The minimum Gasteiger partial charge on any atom is -0.375 e. The highest BCUT2D eigenvalue weighted by molar-refractivity contribution is 5.96. The van der Waals surface area contributed by atoms with E-state index in [-0.39, 0.29) is 35.4 Å². The van der Waals surface area contributed by atoms with Crippen molar-refractivity contribution in [2.24, 2.45) is 11.7 Å². The molecule has 0 bridgehead atoms. The van der Waals surface area contributed by atoms with E-state index in [1.54, 1.807) is 38.5 Å². The number of nitrogens with one attached hydrogen (secondary N) is 2. The Bertz CT molecular complexity index is 1660. The minimum atomic E-state index is -1.00. The zero-order valence-corrected chi connectivity index (χ0v) is 24.1. The minimum absolute atomic E-state index is 0.00701. The molecule has 13 heteroatoms. The summed E-state index contributed by atoms with van der Waals surface area (Å²) in [5.74, 6) is -2.09. The maximum atomic E-state index is 15.5. The van der Waals surface area contributed by atoms with Crippen LogP contribution < -0.4 is 21.3 Å². The predicted octanol–water partition coefficient (Wildman–Crippen LogP) is 4.03. The number of fused-ring (bicyclic) bond motifs is 1. The molecule has 3 atom stereocenters. The third-order valence-electron chi connectivity index (χ3n) is 7.23. The van der Waals surface area contributed by atoms with Gasteiger partial charge in [-0.3, -0.25) is 9.78 Å². The summed E-state index contributed by atoms with van der Waals surface area (Å²) in [5, 5.41) is 19.2. The van der Waals surface area contributed by atoms with Crippen LogP contribution in [0.5, 0.6) is 0 Å². The van der Waals surface area contributed by atoms with E-state index in [4.69, 9.17) is 15.7 Å². The molecule has 1 aromatic carbocycles. The van der Waals surface area contributed by atoms with E-state index in [0.717, 1.165) is 17.8 Å². The summed E-state index contributed by atoms with van der Waals surface area (Å²) in [4.78, 5) is 23.4. The van der Waals surface area contributed by atoms with E-state index in [0.29, 0.717) is 43.3 Å². The van der Waals surface area contributed by atoms with E-state index < -0.39 is 23.1 Å². The molecule has 224 valence electrons. The lowest BCUT2D eigenvalue weighted by Gasteiger charge is -2.42. The van der Waals surface area contributed by atoms with Crippen molar-refractivity contribution in [1.82, 2.24) is 24.9 Å². The average Bonchev–Trinajstić information content (AvgIpc) is 3.36. The second-order valence-electron chi connectivity index (χ2n) is 10.9. The van der Waals surface area contributed by atoms with Crippen LogP contribution in [-0.4, -0.2) is 63.4 Å². The Hall–Kier alpha value is -4.67. The van der Waals surface area contributed by atoms with Crippen LogP contribution in [0, 0.1) is 28.9 Å². The third kappa shape index (κ3) is 6.25. The van der Waals surface area contributed by atoms with Crippen LogP contribution >= 0.6 is 0 Å². The maximum Gasteiger partial charge on any atom is 0.254 e. The van der Waals surface area contributed by atoms with Gasteiger partial charge in [0.25, 0.3) is 5.91 Å². The molecule has 1 fully saturated rings. The number of imidazole rings is 1. The Kier molecular flexibility index (Phi) is 8.79. The molecule has 4 aromatic rings. The Morgan fingerprint density at radius 2 is 2.02 bits per heavy atom. The van der Waals surface area contributed by atoms with Crippen LogP contribution in [0.3, 0.4) is 0 Å². The lowest BCUT2D eigenvalue weighted by atomic mass is 9.92. The number of amides is 1. The second-order valence-corrected chi connectivity index (χ2v) is 10.9. The predicted molar refractivity (Wildman–Crippen MR) is 158 cm³/mol. The topological polar surface area (TPSA) is 146 Å². The summed E-state index contributed by atoms with van der Waals surface area (Å²) >= 11 is 0. The van der Waals surface area contributed by atoms with Crippen molar-refractivity contribution in [2.75, 3.05) is 29.9 Å². The number of ether oxygens (including phenoxy) is 1. The lowest BCUT2D eigenvalue weighted by Crippen LogP contribution is -2.56. The summed E-state index contributed by atoms with van der Waals surface area (Å²) < 4.78 is 37.8. The molecule has 0 saturated carbocycles. The Morgan fingerprint density at radius 3 is 2.77 bits per heavy atom. The summed E-state index contributed by atoms with van der Waals surface area (Å²) in [5.41, 5.74) is 7.84. The molecule has 0 aliphatic carbocycles. The zero-order valence-electron chi connectivity index (χ0n) is 24.1. The van der Waals surface area contributed by atoms with E-state index >= 15 is 4.39 Å². The van der Waals surface area contributed by atoms with Gasteiger partial charge in [0.1, 0.15) is 11.6 Å². The normalized spacial score (nSPS) is 18.6. The van der Waals surface area contributed by atoms with Gasteiger partial charge in [0.15, 0.2) is 0 Å². The van der Waals surface area contributed by atoms with Gasteiger partial charge in [-0.25, -0.2) is 13.8 Å². The average molecular weight is 590 g/mol. The number of pyridine rings is 1. The number of benzene rings is 1. The van der Waals surface area contributed by atoms with Gasteiger partial charge >= 0.3 is 0 Å². The molecule has 43 heavy (non-hydrogen) atoms. The van der Waals surface area contributed by atoms with Crippen LogP contribution in [0.15, 0.2) is 48.9 Å². The number of hydrogen-bond acceptors (Lipinski definition) is 9. The van der Waals surface area contributed by atoms with Crippen molar-refractivity contribution in [3.63, 3.8) is 0 Å². The highest BCUT2D eigenvalue weighted by Gasteiger charge is 2.34. The van der Waals surface area contributed by atoms with Crippen molar-refractivity contribution in [3.05, 3.63) is 66.1 Å². The molecular formula is C30H33F2N9O2. The van der Waals surface area contributed by atoms with Gasteiger partial charge in [-0.1, -0.05) is 6.92 Å². The molecule has 1 saturated heterocycles. The Balaban J connectivity index is 1.44. The first-order valence-electron chi connectivity index (χ1n) is 14.0. The molecule has 11 nitrogen and oxygen atoms in total. The van der Waals surface area contributed by atoms with Gasteiger partial charge in [-0.15, -0.1) is 0 Å². The van der Waals surface area contributed by atoms with Gasteiger partial charge in [0.05, 0.1) is 71.3 Å². The fourth-order valence-corrected chi connectivity index (χ4v) is 5.32. The molecule has 3 aromatic heterocycles. The summed E-state index contributed by atoms with van der Waals surface area (Å²) in [6.45, 7) is 7.08. The van der Waals surface area contributed by atoms with Crippen LogP contribution in [0.1, 0.15) is 37.6 Å². The van der Waals surface area contributed by atoms with Crippen LogP contribution in [-0.2, 0) is 4.74 Å². The standard InChI is InChI=1S/C30H33F2N9O2/c1-17(2)37-29(42)20-6-7-21(31)26(27(20)32)23-8-5-19-13-36-30(41(19)39-23)38-24-14-35-11-9-25(24)40-15-18(3)28(22(34)16-40)43-12-4-10-33/h5-9,11,13-14,17-18,22,28H,4,12,15-16,34H2,1-3H3,(H,36,38)(H,37,42)/t18-,22+,28-/m0/s1. The number of anilines is 3. The molecule has 0 radical (unpaired) electrons. The SMILES string of the molecule is CC(C)NC(=O)c1ccc(F)c(-c2ccc3cnc(Nc4cnccc4N4C[C@@H](N)[C@@H](OCCC#N)[C@@H](C)C4)n3n2)c1F.